The molecule has 4 aromatic rings. The van der Waals surface area contributed by atoms with Crippen LogP contribution in [0.15, 0.2) is 66.0 Å². The van der Waals surface area contributed by atoms with Crippen LogP contribution < -0.4 is 10.1 Å². The fourth-order valence-electron chi connectivity index (χ4n) is 3.31. The summed E-state index contributed by atoms with van der Waals surface area (Å²) in [7, 11) is 0. The highest BCUT2D eigenvalue weighted by Crippen LogP contribution is 2.32. The number of fused-ring (bicyclic) bond motifs is 1. The molecule has 0 atom stereocenters. The quantitative estimate of drug-likeness (QED) is 0.226. The van der Waals surface area contributed by atoms with Crippen molar-refractivity contribution in [3.8, 4) is 17.0 Å². The van der Waals surface area contributed by atoms with Gasteiger partial charge in [0.25, 0.3) is 0 Å². The molecule has 33 heavy (non-hydrogen) atoms. The monoisotopic (exact) mass is 480 g/mol. The highest BCUT2D eigenvalue weighted by molar-refractivity contribution is 8.00. The minimum atomic E-state index is -0.149. The predicted molar refractivity (Wildman–Crippen MR) is 134 cm³/mol. The lowest BCUT2D eigenvalue weighted by atomic mass is 10.1. The van der Waals surface area contributed by atoms with Crippen molar-refractivity contribution in [2.24, 2.45) is 0 Å². The molecule has 6 nitrogen and oxygen atoms in total. The summed E-state index contributed by atoms with van der Waals surface area (Å²) < 4.78 is 7.76. The highest BCUT2D eigenvalue weighted by Gasteiger charge is 2.14. The van der Waals surface area contributed by atoms with E-state index in [-0.39, 0.29) is 11.7 Å². The number of halogens is 1. The number of aromatic nitrogens is 3. The Hall–Kier alpha value is -3.03. The van der Waals surface area contributed by atoms with Crippen molar-refractivity contribution in [3.05, 3.63) is 71.5 Å². The average Bonchev–Trinajstić information content (AvgIpc) is 3.25. The van der Waals surface area contributed by atoms with E-state index in [1.807, 2.05) is 55.5 Å². The Kier molecular flexibility index (Phi) is 7.52. The number of nitrogens with zero attached hydrogens (tertiary/aromatic N) is 3. The van der Waals surface area contributed by atoms with Gasteiger partial charge in [-0.1, -0.05) is 54.9 Å². The van der Waals surface area contributed by atoms with Crippen molar-refractivity contribution >= 4 is 40.5 Å². The molecule has 0 aliphatic heterocycles. The van der Waals surface area contributed by atoms with Gasteiger partial charge in [-0.25, -0.2) is 9.50 Å². The fraction of sp³-hybridized carbons (Fsp3) is 0.240. The van der Waals surface area contributed by atoms with Gasteiger partial charge in [0.15, 0.2) is 0 Å². The van der Waals surface area contributed by atoms with E-state index in [1.165, 1.54) is 11.8 Å². The molecule has 2 aromatic carbocycles. The molecular formula is C25H25ClN4O2S. The molecule has 1 amide bonds. The van der Waals surface area contributed by atoms with Gasteiger partial charge < -0.3 is 10.1 Å². The summed E-state index contributed by atoms with van der Waals surface area (Å²) in [6, 6.07) is 15.4. The lowest BCUT2D eigenvalue weighted by Crippen LogP contribution is -2.14. The van der Waals surface area contributed by atoms with E-state index in [9.17, 15) is 4.79 Å². The van der Waals surface area contributed by atoms with E-state index in [0.717, 1.165) is 46.0 Å². The van der Waals surface area contributed by atoms with Gasteiger partial charge in [-0.05, 0) is 49.2 Å². The first-order valence-corrected chi connectivity index (χ1v) is 12.2. The van der Waals surface area contributed by atoms with Crippen LogP contribution in [0, 0.1) is 6.92 Å². The number of thioether (sulfide) groups is 1. The van der Waals surface area contributed by atoms with Gasteiger partial charge in [-0.15, -0.1) is 0 Å². The highest BCUT2D eigenvalue weighted by atomic mass is 35.5. The Morgan fingerprint density at radius 2 is 2.06 bits per heavy atom. The first-order valence-electron chi connectivity index (χ1n) is 10.8. The number of hydrogen-bond acceptors (Lipinski definition) is 5. The van der Waals surface area contributed by atoms with E-state index in [2.05, 4.69) is 17.2 Å². The molecule has 4 rings (SSSR count). The van der Waals surface area contributed by atoms with Crippen molar-refractivity contribution in [3.63, 3.8) is 0 Å². The fourth-order valence-corrected chi connectivity index (χ4v) is 4.37. The molecular weight excluding hydrogens is 456 g/mol. The molecule has 0 spiro atoms. The Balaban J connectivity index is 1.51. The van der Waals surface area contributed by atoms with Crippen molar-refractivity contribution < 1.29 is 9.53 Å². The summed E-state index contributed by atoms with van der Waals surface area (Å²) in [4.78, 5) is 17.0. The van der Waals surface area contributed by atoms with Crippen LogP contribution in [0.1, 0.15) is 25.3 Å². The lowest BCUT2D eigenvalue weighted by Gasteiger charge is -2.09. The summed E-state index contributed by atoms with van der Waals surface area (Å²) in [6.07, 6.45) is 5.56. The second-order valence-corrected chi connectivity index (χ2v) is 8.98. The number of carbonyl (C=O) groups excluding carboxylic acids is 1. The van der Waals surface area contributed by atoms with E-state index < -0.39 is 0 Å². The van der Waals surface area contributed by atoms with Crippen LogP contribution in [0.3, 0.4) is 0 Å². The standard InChI is InChI=1S/C25H25ClN4O2S/c1-3-4-13-32-23-8-6-5-7-18(23)21-15-22-25(27-11-12-30(22)29-21)33-16-24(31)28-20-10-9-17(2)14-19(20)26/h5-12,14-15H,3-4,13,16H2,1-2H3,(H,28,31). The molecule has 0 unspecified atom stereocenters. The minimum absolute atomic E-state index is 0.149. The number of nitrogens with one attached hydrogen (secondary N) is 1. The number of unbranched alkanes of at least 4 members (excludes halogenated alkanes) is 1. The molecule has 0 aliphatic carbocycles. The van der Waals surface area contributed by atoms with Gasteiger partial charge in [0, 0.05) is 18.0 Å². The third-order valence-corrected chi connectivity index (χ3v) is 6.32. The van der Waals surface area contributed by atoms with Gasteiger partial charge in [-0.2, -0.15) is 5.10 Å². The van der Waals surface area contributed by atoms with E-state index in [4.69, 9.17) is 21.4 Å². The van der Waals surface area contributed by atoms with Gasteiger partial charge in [0.05, 0.1) is 34.3 Å². The number of carbonyl (C=O) groups is 1. The maximum atomic E-state index is 12.5. The lowest BCUT2D eigenvalue weighted by molar-refractivity contribution is -0.113. The topological polar surface area (TPSA) is 68.5 Å². The van der Waals surface area contributed by atoms with Crippen molar-refractivity contribution in [2.45, 2.75) is 31.7 Å². The summed E-state index contributed by atoms with van der Waals surface area (Å²) >= 11 is 7.58. The van der Waals surface area contributed by atoms with Crippen LogP contribution in [0.25, 0.3) is 16.8 Å². The number of benzene rings is 2. The maximum absolute atomic E-state index is 12.5. The van der Waals surface area contributed by atoms with E-state index in [1.54, 1.807) is 16.9 Å². The second-order valence-electron chi connectivity index (χ2n) is 7.61. The third kappa shape index (κ3) is 5.67. The first-order chi connectivity index (χ1) is 16.0. The zero-order valence-electron chi connectivity index (χ0n) is 18.5. The van der Waals surface area contributed by atoms with Gasteiger partial charge >= 0.3 is 0 Å². The largest absolute Gasteiger partial charge is 0.493 e. The smallest absolute Gasteiger partial charge is 0.234 e. The van der Waals surface area contributed by atoms with Crippen molar-refractivity contribution in [1.29, 1.82) is 0 Å². The van der Waals surface area contributed by atoms with E-state index >= 15 is 0 Å². The van der Waals surface area contributed by atoms with Crippen LogP contribution in [-0.4, -0.2) is 32.9 Å². The molecule has 0 bridgehead atoms. The molecule has 1 N–H and O–H groups in total. The Morgan fingerprint density at radius 1 is 1.21 bits per heavy atom. The number of rotatable bonds is 9. The van der Waals surface area contributed by atoms with Gasteiger partial charge in [0.1, 0.15) is 10.8 Å². The predicted octanol–water partition coefficient (Wildman–Crippen LogP) is 6.27. The molecule has 0 fully saturated rings. The SMILES string of the molecule is CCCCOc1ccccc1-c1cc2c(SCC(=O)Nc3ccc(C)cc3Cl)nccn2n1. The van der Waals surface area contributed by atoms with Gasteiger partial charge in [-0.3, -0.25) is 4.79 Å². The van der Waals surface area contributed by atoms with Crippen molar-refractivity contribution in [1.82, 2.24) is 14.6 Å². The van der Waals surface area contributed by atoms with Crippen molar-refractivity contribution in [2.75, 3.05) is 17.7 Å². The average molecular weight is 481 g/mol. The molecule has 0 saturated carbocycles. The zero-order chi connectivity index (χ0) is 23.2. The van der Waals surface area contributed by atoms with Gasteiger partial charge in [0.2, 0.25) is 5.91 Å². The maximum Gasteiger partial charge on any atom is 0.234 e. The number of para-hydroxylation sites is 1. The number of amides is 1. The molecule has 0 aliphatic rings. The van der Waals surface area contributed by atoms with Crippen LogP contribution >= 0.6 is 23.4 Å². The number of aryl methyl sites for hydroxylation is 1. The van der Waals surface area contributed by atoms with E-state index in [0.29, 0.717) is 17.3 Å². The second kappa shape index (κ2) is 10.7. The molecule has 170 valence electrons. The molecule has 2 aromatic heterocycles. The third-order valence-electron chi connectivity index (χ3n) is 5.01. The number of hydrogen-bond donors (Lipinski definition) is 1. The summed E-state index contributed by atoms with van der Waals surface area (Å²) in [5.41, 5.74) is 4.21. The van der Waals surface area contributed by atoms with Crippen LogP contribution in [0.4, 0.5) is 5.69 Å². The molecule has 0 radical (unpaired) electrons. The normalized spacial score (nSPS) is 11.0. The number of ether oxygens (including phenoxy) is 1. The van der Waals surface area contributed by atoms with Crippen LogP contribution in [-0.2, 0) is 4.79 Å². The zero-order valence-corrected chi connectivity index (χ0v) is 20.1. The van der Waals surface area contributed by atoms with Crippen LogP contribution in [0.2, 0.25) is 5.02 Å². The number of anilines is 1. The Morgan fingerprint density at radius 3 is 2.88 bits per heavy atom. The summed E-state index contributed by atoms with van der Waals surface area (Å²) in [5, 5.41) is 8.82. The first kappa shape index (κ1) is 23.1. The Bertz CT molecular complexity index is 1270. The molecule has 8 heteroatoms. The van der Waals surface area contributed by atoms with Crippen LogP contribution in [0.5, 0.6) is 5.75 Å². The minimum Gasteiger partial charge on any atom is -0.493 e. The summed E-state index contributed by atoms with van der Waals surface area (Å²) in [5.74, 6) is 0.864. The summed E-state index contributed by atoms with van der Waals surface area (Å²) in [6.45, 7) is 4.76. The molecule has 2 heterocycles. The Labute approximate surface area is 202 Å². The molecule has 0 saturated heterocycles.